The first-order valence-electron chi connectivity index (χ1n) is 22.0. The molecule has 0 saturated heterocycles. The molecule has 0 bridgehead atoms. The SMILES string of the molecule is CCCCCCCCCCCCCCCCC(C(=O)[O-])c1ccccc1.CCCCCCCCCCCCCCCCC(C(=O)[O-])c1ccccc1.[Ca+2]. The first kappa shape index (κ1) is 51.6. The normalized spacial score (nSPS) is 12.0. The van der Waals surface area contributed by atoms with Gasteiger partial charge in [-0.1, -0.05) is 254 Å². The average Bonchev–Trinajstić information content (AvgIpc) is 3.15. The second-order valence-corrected chi connectivity index (χ2v) is 15.3. The van der Waals surface area contributed by atoms with E-state index in [9.17, 15) is 19.8 Å². The predicted molar refractivity (Wildman–Crippen MR) is 224 cm³/mol. The molecule has 2 aromatic rings. The quantitative estimate of drug-likeness (QED) is 0.0526. The van der Waals surface area contributed by atoms with Crippen molar-refractivity contribution in [2.45, 2.75) is 218 Å². The van der Waals surface area contributed by atoms with Crippen LogP contribution in [0.15, 0.2) is 60.7 Å². The number of rotatable bonds is 34. The van der Waals surface area contributed by atoms with Gasteiger partial charge in [0.2, 0.25) is 0 Å². The van der Waals surface area contributed by atoms with Crippen molar-refractivity contribution in [3.05, 3.63) is 71.8 Å². The zero-order chi connectivity index (χ0) is 37.7. The Bertz CT molecular complexity index is 974. The molecule has 0 aliphatic heterocycles. The van der Waals surface area contributed by atoms with E-state index >= 15 is 0 Å². The number of benzene rings is 2. The van der Waals surface area contributed by atoms with Gasteiger partial charge in [-0.05, 0) is 24.0 Å². The van der Waals surface area contributed by atoms with Gasteiger partial charge in [0.15, 0.2) is 0 Å². The second kappa shape index (κ2) is 38.9. The zero-order valence-corrected chi connectivity index (χ0v) is 36.7. The van der Waals surface area contributed by atoms with E-state index in [1.165, 1.54) is 154 Å². The Labute approximate surface area is 357 Å². The Morgan fingerprint density at radius 2 is 0.585 bits per heavy atom. The molecular formula is C48H78CaO4. The molecule has 2 rings (SSSR count). The number of aliphatic carboxylic acids is 2. The van der Waals surface area contributed by atoms with Gasteiger partial charge in [-0.25, -0.2) is 0 Å². The number of hydrogen-bond acceptors (Lipinski definition) is 4. The van der Waals surface area contributed by atoms with Gasteiger partial charge in [0, 0.05) is 23.8 Å². The minimum atomic E-state index is -0.939. The van der Waals surface area contributed by atoms with Crippen LogP contribution in [-0.2, 0) is 9.59 Å². The van der Waals surface area contributed by atoms with E-state index in [2.05, 4.69) is 13.8 Å². The van der Waals surface area contributed by atoms with Crippen LogP contribution >= 0.6 is 0 Å². The number of carboxylic acid groups (broad SMARTS) is 2. The largest absolute Gasteiger partial charge is 2.00 e. The molecule has 0 aromatic heterocycles. The number of carboxylic acids is 2. The third-order valence-electron chi connectivity index (χ3n) is 10.7. The van der Waals surface area contributed by atoms with Gasteiger partial charge in [0.25, 0.3) is 0 Å². The number of unbranched alkanes of at least 4 members (excludes halogenated alkanes) is 26. The maximum Gasteiger partial charge on any atom is 2.00 e. The van der Waals surface area contributed by atoms with E-state index in [0.717, 1.165) is 36.8 Å². The van der Waals surface area contributed by atoms with Gasteiger partial charge in [-0.15, -0.1) is 0 Å². The third kappa shape index (κ3) is 30.5. The predicted octanol–water partition coefficient (Wildman–Crippen LogP) is 12.4. The van der Waals surface area contributed by atoms with Crippen LogP contribution in [0, 0.1) is 0 Å². The molecule has 5 heteroatoms. The van der Waals surface area contributed by atoms with Crippen LogP contribution in [0.3, 0.4) is 0 Å². The molecule has 0 amide bonds. The minimum Gasteiger partial charge on any atom is -0.549 e. The Balaban J connectivity index is 0.00000100. The van der Waals surface area contributed by atoms with E-state index in [1.807, 2.05) is 60.7 Å². The van der Waals surface area contributed by atoms with E-state index in [0.29, 0.717) is 12.8 Å². The maximum atomic E-state index is 11.4. The van der Waals surface area contributed by atoms with Crippen molar-refractivity contribution >= 4 is 49.7 Å². The first-order valence-corrected chi connectivity index (χ1v) is 22.0. The fourth-order valence-corrected chi connectivity index (χ4v) is 7.30. The summed E-state index contributed by atoms with van der Waals surface area (Å²) in [4.78, 5) is 22.7. The average molecular weight is 759 g/mol. The van der Waals surface area contributed by atoms with Gasteiger partial charge in [-0.3, -0.25) is 0 Å². The van der Waals surface area contributed by atoms with Gasteiger partial charge in [0.05, 0.1) is 0 Å². The van der Waals surface area contributed by atoms with Crippen molar-refractivity contribution in [3.8, 4) is 0 Å². The summed E-state index contributed by atoms with van der Waals surface area (Å²) in [5, 5.41) is 22.7. The summed E-state index contributed by atoms with van der Waals surface area (Å²) < 4.78 is 0. The molecule has 2 unspecified atom stereocenters. The molecule has 4 nitrogen and oxygen atoms in total. The summed E-state index contributed by atoms with van der Waals surface area (Å²) in [5.74, 6) is -2.78. The Morgan fingerprint density at radius 3 is 0.792 bits per heavy atom. The fraction of sp³-hybridized carbons (Fsp3) is 0.708. The molecule has 0 aliphatic rings. The van der Waals surface area contributed by atoms with Crippen molar-refractivity contribution in [1.82, 2.24) is 0 Å². The minimum absolute atomic E-state index is 0. The molecule has 0 N–H and O–H groups in total. The summed E-state index contributed by atoms with van der Waals surface area (Å²) in [5.41, 5.74) is 1.75. The molecule has 0 radical (unpaired) electrons. The Kier molecular flexibility index (Phi) is 37.9. The second-order valence-electron chi connectivity index (χ2n) is 15.3. The number of hydrogen-bond donors (Lipinski definition) is 0. The molecular weight excluding hydrogens is 681 g/mol. The molecule has 0 heterocycles. The van der Waals surface area contributed by atoms with E-state index in [1.54, 1.807) is 0 Å². The van der Waals surface area contributed by atoms with Gasteiger partial charge in [0.1, 0.15) is 0 Å². The topological polar surface area (TPSA) is 80.3 Å². The molecule has 0 saturated carbocycles. The van der Waals surface area contributed by atoms with Gasteiger partial charge >= 0.3 is 37.7 Å². The van der Waals surface area contributed by atoms with Crippen LogP contribution in [0.2, 0.25) is 0 Å². The van der Waals surface area contributed by atoms with Crippen molar-refractivity contribution in [2.24, 2.45) is 0 Å². The van der Waals surface area contributed by atoms with Crippen molar-refractivity contribution in [1.29, 1.82) is 0 Å². The molecule has 0 aliphatic carbocycles. The molecule has 0 spiro atoms. The molecule has 53 heavy (non-hydrogen) atoms. The van der Waals surface area contributed by atoms with Crippen molar-refractivity contribution < 1.29 is 19.8 Å². The molecule has 0 fully saturated rings. The van der Waals surface area contributed by atoms with E-state index in [4.69, 9.17) is 0 Å². The summed E-state index contributed by atoms with van der Waals surface area (Å²) in [7, 11) is 0. The Hall–Kier alpha value is -1.36. The van der Waals surface area contributed by atoms with Gasteiger partial charge in [-0.2, -0.15) is 0 Å². The van der Waals surface area contributed by atoms with Crippen LogP contribution in [0.1, 0.15) is 229 Å². The van der Waals surface area contributed by atoms with Crippen molar-refractivity contribution in [3.63, 3.8) is 0 Å². The third-order valence-corrected chi connectivity index (χ3v) is 10.7. The number of carbonyl (C=O) groups is 2. The van der Waals surface area contributed by atoms with Gasteiger partial charge < -0.3 is 19.8 Å². The summed E-state index contributed by atoms with van der Waals surface area (Å²) in [6.07, 6.45) is 38.4. The summed E-state index contributed by atoms with van der Waals surface area (Å²) in [6.45, 7) is 4.54. The van der Waals surface area contributed by atoms with Crippen LogP contribution in [0.4, 0.5) is 0 Å². The monoisotopic (exact) mass is 759 g/mol. The molecule has 2 aromatic carbocycles. The number of carbonyl (C=O) groups excluding carboxylic acids is 2. The van der Waals surface area contributed by atoms with E-state index < -0.39 is 23.8 Å². The Morgan fingerprint density at radius 1 is 0.377 bits per heavy atom. The zero-order valence-electron chi connectivity index (χ0n) is 34.5. The smallest absolute Gasteiger partial charge is 0.549 e. The van der Waals surface area contributed by atoms with E-state index in [-0.39, 0.29) is 37.7 Å². The standard InChI is InChI=1S/2C24H40O2.Ca/c2*1-2-3-4-5-6-7-8-9-10-11-12-13-14-18-21-23(24(25)26)22-19-16-15-17-20-22;/h2*15-17,19-20,23H,2-14,18,21H2,1H3,(H,25,26);/q;;+2/p-2. The van der Waals surface area contributed by atoms with Crippen LogP contribution < -0.4 is 10.2 Å². The molecule has 2 atom stereocenters. The molecule has 296 valence electrons. The fourth-order valence-electron chi connectivity index (χ4n) is 7.30. The van der Waals surface area contributed by atoms with Crippen LogP contribution in [-0.4, -0.2) is 49.7 Å². The van der Waals surface area contributed by atoms with Crippen molar-refractivity contribution in [2.75, 3.05) is 0 Å². The van der Waals surface area contributed by atoms with Crippen LogP contribution in [0.25, 0.3) is 0 Å². The first-order chi connectivity index (χ1) is 25.5. The maximum absolute atomic E-state index is 11.4. The summed E-state index contributed by atoms with van der Waals surface area (Å²) >= 11 is 0. The summed E-state index contributed by atoms with van der Waals surface area (Å²) in [6, 6.07) is 19.0. The van der Waals surface area contributed by atoms with Crippen LogP contribution in [0.5, 0.6) is 0 Å².